The molecule has 1 aromatic heterocycles. The van der Waals surface area contributed by atoms with Crippen LogP contribution in [0.3, 0.4) is 0 Å². The van der Waals surface area contributed by atoms with Gasteiger partial charge in [-0.05, 0) is 18.6 Å². The van der Waals surface area contributed by atoms with Gasteiger partial charge in [-0.3, -0.25) is 0 Å². The Bertz CT molecular complexity index is 408. The molecule has 0 spiro atoms. The van der Waals surface area contributed by atoms with Crippen LogP contribution in [0, 0.1) is 5.92 Å². The molecule has 2 rings (SSSR count). The quantitative estimate of drug-likeness (QED) is 0.852. The van der Waals surface area contributed by atoms with E-state index in [0.717, 1.165) is 31.9 Å². The SMILES string of the molecule is COCC1CCN(c2cccc(C(=O)O)n2)C1. The minimum Gasteiger partial charge on any atom is -0.477 e. The van der Waals surface area contributed by atoms with E-state index in [9.17, 15) is 4.79 Å². The summed E-state index contributed by atoms with van der Waals surface area (Å²) in [5.74, 6) is 0.262. The number of nitrogens with zero attached hydrogens (tertiary/aromatic N) is 2. The summed E-state index contributed by atoms with van der Waals surface area (Å²) in [7, 11) is 1.70. The van der Waals surface area contributed by atoms with Crippen molar-refractivity contribution in [2.45, 2.75) is 6.42 Å². The van der Waals surface area contributed by atoms with Crippen molar-refractivity contribution in [3.8, 4) is 0 Å². The van der Waals surface area contributed by atoms with Crippen molar-refractivity contribution >= 4 is 11.8 Å². The molecule has 1 saturated heterocycles. The normalized spacial score (nSPS) is 19.6. The molecule has 5 heteroatoms. The molecule has 0 amide bonds. The van der Waals surface area contributed by atoms with Gasteiger partial charge in [0.1, 0.15) is 5.82 Å². The molecule has 1 aliphatic heterocycles. The van der Waals surface area contributed by atoms with Crippen LogP contribution in [0.15, 0.2) is 18.2 Å². The van der Waals surface area contributed by atoms with E-state index >= 15 is 0 Å². The van der Waals surface area contributed by atoms with Crippen LogP contribution in [0.2, 0.25) is 0 Å². The number of carboxylic acids is 1. The number of ether oxygens (including phenoxy) is 1. The van der Waals surface area contributed by atoms with Crippen molar-refractivity contribution in [3.05, 3.63) is 23.9 Å². The summed E-state index contributed by atoms with van der Waals surface area (Å²) >= 11 is 0. The van der Waals surface area contributed by atoms with Crippen LogP contribution >= 0.6 is 0 Å². The van der Waals surface area contributed by atoms with Crippen molar-refractivity contribution < 1.29 is 14.6 Å². The summed E-state index contributed by atoms with van der Waals surface area (Å²) in [4.78, 5) is 17.1. The first kappa shape index (κ1) is 11.9. The Morgan fingerprint density at radius 3 is 3.18 bits per heavy atom. The van der Waals surface area contributed by atoms with Crippen LogP contribution in [0.4, 0.5) is 5.82 Å². The Kier molecular flexibility index (Phi) is 3.58. The van der Waals surface area contributed by atoms with Gasteiger partial charge in [0, 0.05) is 26.1 Å². The first-order chi connectivity index (χ1) is 8.20. The van der Waals surface area contributed by atoms with Crippen molar-refractivity contribution in [2.75, 3.05) is 31.7 Å². The maximum atomic E-state index is 10.8. The Balaban J connectivity index is 2.08. The Labute approximate surface area is 100 Å². The molecule has 5 nitrogen and oxygen atoms in total. The first-order valence-electron chi connectivity index (χ1n) is 5.65. The molecular formula is C12H16N2O3. The van der Waals surface area contributed by atoms with Gasteiger partial charge in [-0.1, -0.05) is 6.07 Å². The number of anilines is 1. The smallest absolute Gasteiger partial charge is 0.354 e. The highest BCUT2D eigenvalue weighted by molar-refractivity contribution is 5.85. The zero-order valence-corrected chi connectivity index (χ0v) is 9.80. The number of aromatic carboxylic acids is 1. The molecule has 1 fully saturated rings. The van der Waals surface area contributed by atoms with E-state index in [1.807, 2.05) is 6.07 Å². The van der Waals surface area contributed by atoms with E-state index < -0.39 is 5.97 Å². The van der Waals surface area contributed by atoms with E-state index in [1.54, 1.807) is 13.2 Å². The lowest BCUT2D eigenvalue weighted by Crippen LogP contribution is -2.22. The highest BCUT2D eigenvalue weighted by Gasteiger charge is 2.23. The zero-order valence-electron chi connectivity index (χ0n) is 9.80. The van der Waals surface area contributed by atoms with Gasteiger partial charge >= 0.3 is 5.97 Å². The van der Waals surface area contributed by atoms with Gasteiger partial charge in [0.15, 0.2) is 5.69 Å². The summed E-state index contributed by atoms with van der Waals surface area (Å²) in [5, 5.41) is 8.89. The monoisotopic (exact) mass is 236 g/mol. The highest BCUT2D eigenvalue weighted by Crippen LogP contribution is 2.22. The summed E-state index contributed by atoms with van der Waals surface area (Å²) < 4.78 is 5.13. The lowest BCUT2D eigenvalue weighted by molar-refractivity contribution is 0.0690. The van der Waals surface area contributed by atoms with Crippen LogP contribution in [-0.4, -0.2) is 42.9 Å². The maximum Gasteiger partial charge on any atom is 0.354 e. The van der Waals surface area contributed by atoms with Gasteiger partial charge < -0.3 is 14.7 Å². The standard InChI is InChI=1S/C12H16N2O3/c1-17-8-9-5-6-14(7-9)11-4-2-3-10(13-11)12(15)16/h2-4,9H,5-8H2,1H3,(H,15,16). The topological polar surface area (TPSA) is 62.7 Å². The van der Waals surface area contributed by atoms with Crippen molar-refractivity contribution in [2.24, 2.45) is 5.92 Å². The average Bonchev–Trinajstić information content (AvgIpc) is 2.78. The predicted octanol–water partition coefficient (Wildman–Crippen LogP) is 1.25. The number of rotatable bonds is 4. The van der Waals surface area contributed by atoms with Gasteiger partial charge in [0.05, 0.1) is 6.61 Å². The number of aromatic nitrogens is 1. The van der Waals surface area contributed by atoms with E-state index in [-0.39, 0.29) is 5.69 Å². The average molecular weight is 236 g/mol. The molecule has 17 heavy (non-hydrogen) atoms. The number of methoxy groups -OCH3 is 1. The molecule has 0 aromatic carbocycles. The van der Waals surface area contributed by atoms with Gasteiger partial charge in [0.25, 0.3) is 0 Å². The van der Waals surface area contributed by atoms with Crippen molar-refractivity contribution in [3.63, 3.8) is 0 Å². The molecular weight excluding hydrogens is 220 g/mol. The molecule has 1 unspecified atom stereocenters. The molecule has 2 heterocycles. The molecule has 1 atom stereocenters. The molecule has 1 N–H and O–H groups in total. The van der Waals surface area contributed by atoms with Gasteiger partial charge in [0.2, 0.25) is 0 Å². The predicted molar refractivity (Wildman–Crippen MR) is 63.4 cm³/mol. The summed E-state index contributed by atoms with van der Waals surface area (Å²) in [6.45, 7) is 2.53. The van der Waals surface area contributed by atoms with E-state index in [2.05, 4.69) is 9.88 Å². The van der Waals surface area contributed by atoms with E-state index in [4.69, 9.17) is 9.84 Å². The lowest BCUT2D eigenvalue weighted by atomic mass is 10.1. The second-order valence-corrected chi connectivity index (χ2v) is 4.24. The number of carboxylic acid groups (broad SMARTS) is 1. The maximum absolute atomic E-state index is 10.8. The number of pyridine rings is 1. The Hall–Kier alpha value is -1.62. The Morgan fingerprint density at radius 2 is 2.47 bits per heavy atom. The highest BCUT2D eigenvalue weighted by atomic mass is 16.5. The molecule has 0 radical (unpaired) electrons. The summed E-state index contributed by atoms with van der Waals surface area (Å²) in [6, 6.07) is 5.09. The third-order valence-corrected chi connectivity index (χ3v) is 2.97. The molecule has 0 bridgehead atoms. The van der Waals surface area contributed by atoms with Gasteiger partial charge in [-0.25, -0.2) is 9.78 Å². The summed E-state index contributed by atoms with van der Waals surface area (Å²) in [5.41, 5.74) is 0.0951. The third-order valence-electron chi connectivity index (χ3n) is 2.97. The second kappa shape index (κ2) is 5.14. The second-order valence-electron chi connectivity index (χ2n) is 4.24. The van der Waals surface area contributed by atoms with Crippen LogP contribution < -0.4 is 4.90 Å². The van der Waals surface area contributed by atoms with Crippen LogP contribution in [0.1, 0.15) is 16.9 Å². The van der Waals surface area contributed by atoms with Crippen LogP contribution in [0.5, 0.6) is 0 Å². The fourth-order valence-corrected chi connectivity index (χ4v) is 2.13. The van der Waals surface area contributed by atoms with E-state index in [1.165, 1.54) is 6.07 Å². The number of hydrogen-bond donors (Lipinski definition) is 1. The lowest BCUT2D eigenvalue weighted by Gasteiger charge is -2.17. The number of carbonyl (C=O) groups is 1. The minimum atomic E-state index is -0.987. The minimum absolute atomic E-state index is 0.0951. The van der Waals surface area contributed by atoms with Crippen molar-refractivity contribution in [1.82, 2.24) is 4.98 Å². The largest absolute Gasteiger partial charge is 0.477 e. The molecule has 92 valence electrons. The molecule has 0 aliphatic carbocycles. The van der Waals surface area contributed by atoms with Gasteiger partial charge in [-0.15, -0.1) is 0 Å². The Morgan fingerprint density at radius 1 is 1.65 bits per heavy atom. The summed E-state index contributed by atoms with van der Waals surface area (Å²) in [6.07, 6.45) is 1.06. The number of hydrogen-bond acceptors (Lipinski definition) is 4. The van der Waals surface area contributed by atoms with E-state index in [0.29, 0.717) is 5.92 Å². The van der Waals surface area contributed by atoms with Crippen LogP contribution in [0.25, 0.3) is 0 Å². The zero-order chi connectivity index (χ0) is 12.3. The molecule has 1 aliphatic rings. The molecule has 1 aromatic rings. The van der Waals surface area contributed by atoms with Crippen molar-refractivity contribution in [1.29, 1.82) is 0 Å². The third kappa shape index (κ3) is 2.74. The molecule has 0 saturated carbocycles. The first-order valence-corrected chi connectivity index (χ1v) is 5.65. The van der Waals surface area contributed by atoms with Gasteiger partial charge in [-0.2, -0.15) is 0 Å². The fraction of sp³-hybridized carbons (Fsp3) is 0.500. The fourth-order valence-electron chi connectivity index (χ4n) is 2.13. The van der Waals surface area contributed by atoms with Crippen LogP contribution in [-0.2, 0) is 4.74 Å².